The Bertz CT molecular complexity index is 188. The summed E-state index contributed by atoms with van der Waals surface area (Å²) in [6, 6.07) is 0. The number of rotatable bonds is 10. The van der Waals surface area contributed by atoms with E-state index in [9.17, 15) is 0 Å². The van der Waals surface area contributed by atoms with Crippen LogP contribution in [0, 0.1) is 5.92 Å². The second-order valence-corrected chi connectivity index (χ2v) is 5.35. The third-order valence-corrected chi connectivity index (χ3v) is 4.05. The molecular formula is C15H27Cl. The number of halogens is 1. The van der Waals surface area contributed by atoms with Crippen LogP contribution in [0.5, 0.6) is 0 Å². The van der Waals surface area contributed by atoms with Crippen molar-refractivity contribution >= 4 is 11.6 Å². The molecule has 0 heterocycles. The summed E-state index contributed by atoms with van der Waals surface area (Å²) in [6.07, 6.45) is 12.8. The highest BCUT2D eigenvalue weighted by atomic mass is 35.5. The van der Waals surface area contributed by atoms with E-state index in [0.717, 1.165) is 6.42 Å². The summed E-state index contributed by atoms with van der Waals surface area (Å²) >= 11 is 6.39. The van der Waals surface area contributed by atoms with Crippen molar-refractivity contribution in [2.24, 2.45) is 5.92 Å². The highest BCUT2D eigenvalue weighted by Gasteiger charge is 2.26. The first-order valence-corrected chi connectivity index (χ1v) is 6.94. The van der Waals surface area contributed by atoms with Crippen molar-refractivity contribution in [2.45, 2.75) is 63.7 Å². The fourth-order valence-corrected chi connectivity index (χ4v) is 2.05. The molecule has 16 heavy (non-hydrogen) atoms. The van der Waals surface area contributed by atoms with Crippen LogP contribution in [0.15, 0.2) is 25.3 Å². The van der Waals surface area contributed by atoms with Crippen molar-refractivity contribution in [1.29, 1.82) is 0 Å². The quantitative estimate of drug-likeness (QED) is 0.261. The molecule has 0 aromatic carbocycles. The van der Waals surface area contributed by atoms with Crippen molar-refractivity contribution in [2.75, 3.05) is 0 Å². The molecule has 0 rings (SSSR count). The monoisotopic (exact) mass is 242 g/mol. The lowest BCUT2D eigenvalue weighted by molar-refractivity contribution is 0.450. The fourth-order valence-electron chi connectivity index (χ4n) is 1.94. The molecule has 94 valence electrons. The van der Waals surface area contributed by atoms with E-state index in [1.165, 1.54) is 38.5 Å². The van der Waals surface area contributed by atoms with E-state index in [0.29, 0.717) is 5.92 Å². The molecule has 0 aliphatic carbocycles. The zero-order valence-corrected chi connectivity index (χ0v) is 11.7. The molecule has 0 fully saturated rings. The lowest BCUT2D eigenvalue weighted by atomic mass is 9.88. The van der Waals surface area contributed by atoms with Crippen LogP contribution in [0.3, 0.4) is 0 Å². The summed E-state index contributed by atoms with van der Waals surface area (Å²) in [4.78, 5) is -0.413. The zero-order valence-electron chi connectivity index (χ0n) is 11.0. The Morgan fingerprint density at radius 1 is 1.06 bits per heavy atom. The van der Waals surface area contributed by atoms with E-state index >= 15 is 0 Å². The number of hydrogen-bond acceptors (Lipinski definition) is 0. The second-order valence-electron chi connectivity index (χ2n) is 4.69. The van der Waals surface area contributed by atoms with Gasteiger partial charge in [0.25, 0.3) is 0 Å². The van der Waals surface area contributed by atoms with Crippen molar-refractivity contribution < 1.29 is 0 Å². The minimum Gasteiger partial charge on any atom is -0.110 e. The van der Waals surface area contributed by atoms with Gasteiger partial charge in [0.05, 0.1) is 4.87 Å². The standard InChI is InChI=1S/C15H27Cl/c1-5-8-9-10-11-12-13-14(4)15(16,6-2)7-3/h6-7,14H,2-3,5,8-13H2,1,4H3. The molecule has 0 bridgehead atoms. The maximum absolute atomic E-state index is 6.39. The maximum atomic E-state index is 6.39. The Morgan fingerprint density at radius 2 is 1.56 bits per heavy atom. The van der Waals surface area contributed by atoms with Gasteiger partial charge in [-0.05, 0) is 12.3 Å². The molecule has 1 unspecified atom stereocenters. The van der Waals surface area contributed by atoms with Crippen LogP contribution in [0.4, 0.5) is 0 Å². The molecule has 0 aromatic heterocycles. The van der Waals surface area contributed by atoms with Crippen LogP contribution in [0.2, 0.25) is 0 Å². The molecule has 1 heteroatoms. The molecule has 0 N–H and O–H groups in total. The highest BCUT2D eigenvalue weighted by Crippen LogP contribution is 2.31. The van der Waals surface area contributed by atoms with Crippen LogP contribution in [0.1, 0.15) is 58.8 Å². The molecular weight excluding hydrogens is 216 g/mol. The molecule has 0 nitrogen and oxygen atoms in total. The van der Waals surface area contributed by atoms with E-state index in [-0.39, 0.29) is 0 Å². The average molecular weight is 243 g/mol. The topological polar surface area (TPSA) is 0 Å². The zero-order chi connectivity index (χ0) is 12.4. The van der Waals surface area contributed by atoms with Crippen molar-refractivity contribution in [3.05, 3.63) is 25.3 Å². The van der Waals surface area contributed by atoms with Gasteiger partial charge in [0.15, 0.2) is 0 Å². The normalized spacial score (nSPS) is 13.4. The van der Waals surface area contributed by atoms with Gasteiger partial charge in [-0.2, -0.15) is 0 Å². The van der Waals surface area contributed by atoms with Crippen LogP contribution >= 0.6 is 11.6 Å². The SMILES string of the molecule is C=CC(Cl)(C=C)C(C)CCCCCCCC. The molecule has 0 aliphatic rings. The summed E-state index contributed by atoms with van der Waals surface area (Å²) in [5, 5.41) is 0. The van der Waals surface area contributed by atoms with Crippen LogP contribution in [-0.2, 0) is 0 Å². The van der Waals surface area contributed by atoms with Gasteiger partial charge in [-0.3, -0.25) is 0 Å². The summed E-state index contributed by atoms with van der Waals surface area (Å²) < 4.78 is 0. The summed E-state index contributed by atoms with van der Waals surface area (Å²) in [5.74, 6) is 0.426. The number of unbranched alkanes of at least 4 members (excludes halogenated alkanes) is 5. The van der Waals surface area contributed by atoms with Gasteiger partial charge in [-0.25, -0.2) is 0 Å². The van der Waals surface area contributed by atoms with E-state index in [2.05, 4.69) is 27.0 Å². The molecule has 0 spiro atoms. The van der Waals surface area contributed by atoms with Gasteiger partial charge in [-0.1, -0.05) is 64.5 Å². The maximum Gasteiger partial charge on any atom is 0.0826 e. The van der Waals surface area contributed by atoms with Gasteiger partial charge in [0.2, 0.25) is 0 Å². The Labute approximate surface area is 107 Å². The van der Waals surface area contributed by atoms with Gasteiger partial charge < -0.3 is 0 Å². The minimum absolute atomic E-state index is 0.413. The fraction of sp³-hybridized carbons (Fsp3) is 0.733. The predicted molar refractivity (Wildman–Crippen MR) is 76.1 cm³/mol. The van der Waals surface area contributed by atoms with Gasteiger partial charge in [-0.15, -0.1) is 24.8 Å². The minimum atomic E-state index is -0.413. The van der Waals surface area contributed by atoms with Gasteiger partial charge in [0.1, 0.15) is 0 Å². The van der Waals surface area contributed by atoms with Crippen LogP contribution in [0.25, 0.3) is 0 Å². The predicted octanol–water partition coefficient (Wildman–Crippen LogP) is 5.72. The van der Waals surface area contributed by atoms with E-state index in [1.54, 1.807) is 0 Å². The van der Waals surface area contributed by atoms with Crippen LogP contribution < -0.4 is 0 Å². The number of hydrogen-bond donors (Lipinski definition) is 0. The Kier molecular flexibility index (Phi) is 8.74. The number of allylic oxidation sites excluding steroid dienone is 2. The molecule has 0 saturated heterocycles. The van der Waals surface area contributed by atoms with Crippen molar-refractivity contribution in [1.82, 2.24) is 0 Å². The summed E-state index contributed by atoms with van der Waals surface area (Å²) in [6.45, 7) is 12.0. The Balaban J connectivity index is 3.68. The Hall–Kier alpha value is -0.230. The summed E-state index contributed by atoms with van der Waals surface area (Å²) in [7, 11) is 0. The first-order valence-electron chi connectivity index (χ1n) is 6.56. The third kappa shape index (κ3) is 5.75. The largest absolute Gasteiger partial charge is 0.110 e. The molecule has 0 aliphatic heterocycles. The molecule has 0 amide bonds. The lowest BCUT2D eigenvalue weighted by Crippen LogP contribution is -2.24. The average Bonchev–Trinajstić information content (AvgIpc) is 2.32. The second kappa shape index (κ2) is 8.87. The number of alkyl halides is 1. The van der Waals surface area contributed by atoms with E-state index in [4.69, 9.17) is 11.6 Å². The Morgan fingerprint density at radius 3 is 2.06 bits per heavy atom. The molecule has 0 radical (unpaired) electrons. The molecule has 0 saturated carbocycles. The van der Waals surface area contributed by atoms with Crippen molar-refractivity contribution in [3.8, 4) is 0 Å². The van der Waals surface area contributed by atoms with Crippen molar-refractivity contribution in [3.63, 3.8) is 0 Å². The lowest BCUT2D eigenvalue weighted by Gasteiger charge is -2.26. The van der Waals surface area contributed by atoms with Gasteiger partial charge in [0, 0.05) is 0 Å². The van der Waals surface area contributed by atoms with Gasteiger partial charge >= 0.3 is 0 Å². The van der Waals surface area contributed by atoms with E-state index in [1.807, 2.05) is 12.2 Å². The van der Waals surface area contributed by atoms with E-state index < -0.39 is 4.87 Å². The molecule has 0 aromatic rings. The third-order valence-electron chi connectivity index (χ3n) is 3.37. The van der Waals surface area contributed by atoms with Crippen LogP contribution in [-0.4, -0.2) is 4.87 Å². The first-order chi connectivity index (χ1) is 7.60. The smallest absolute Gasteiger partial charge is 0.0826 e. The molecule has 1 atom stereocenters. The first kappa shape index (κ1) is 15.8. The highest BCUT2D eigenvalue weighted by molar-refractivity contribution is 6.26. The summed E-state index contributed by atoms with van der Waals surface area (Å²) in [5.41, 5.74) is 0.